The molecule has 1 fully saturated rings. The monoisotopic (exact) mass is 296 g/mol. The summed E-state index contributed by atoms with van der Waals surface area (Å²) in [6, 6.07) is 8.59. The van der Waals surface area contributed by atoms with Gasteiger partial charge in [0, 0.05) is 17.6 Å². The maximum Gasteiger partial charge on any atom is 0.227 e. The Morgan fingerprint density at radius 1 is 1.40 bits per heavy atom. The smallest absolute Gasteiger partial charge is 0.227 e. The number of piperidine rings is 1. The Bertz CT molecular complexity index is 448. The van der Waals surface area contributed by atoms with Crippen molar-refractivity contribution in [3.05, 3.63) is 29.8 Å². The molecule has 112 valence electrons. The summed E-state index contributed by atoms with van der Waals surface area (Å²) in [7, 11) is 0. The maximum absolute atomic E-state index is 12.3. The molecule has 0 aromatic heterocycles. The number of hydrogen-bond acceptors (Lipinski definition) is 2. The van der Waals surface area contributed by atoms with Crippen LogP contribution in [-0.4, -0.2) is 18.5 Å². The zero-order chi connectivity index (χ0) is 13.8. The first kappa shape index (κ1) is 17.0. The van der Waals surface area contributed by atoms with Crippen LogP contribution in [-0.2, 0) is 4.79 Å². The largest absolute Gasteiger partial charge is 0.326 e. The third kappa shape index (κ3) is 4.50. The van der Waals surface area contributed by atoms with E-state index in [-0.39, 0.29) is 24.2 Å². The lowest BCUT2D eigenvalue weighted by Gasteiger charge is -2.27. The van der Waals surface area contributed by atoms with E-state index < -0.39 is 0 Å². The first-order valence-corrected chi connectivity index (χ1v) is 7.20. The van der Waals surface area contributed by atoms with Crippen LogP contribution in [0.1, 0.15) is 45.1 Å². The Hall–Kier alpha value is -1.06. The van der Waals surface area contributed by atoms with E-state index in [1.165, 1.54) is 5.56 Å². The Morgan fingerprint density at radius 2 is 2.15 bits per heavy atom. The van der Waals surface area contributed by atoms with E-state index in [1.54, 1.807) is 0 Å². The van der Waals surface area contributed by atoms with Crippen molar-refractivity contribution in [2.45, 2.75) is 45.6 Å². The van der Waals surface area contributed by atoms with Crippen LogP contribution < -0.4 is 10.6 Å². The van der Waals surface area contributed by atoms with Gasteiger partial charge in [0.2, 0.25) is 5.91 Å². The summed E-state index contributed by atoms with van der Waals surface area (Å²) in [6.07, 6.45) is 1.86. The zero-order valence-electron chi connectivity index (χ0n) is 12.5. The predicted octanol–water partition coefficient (Wildman–Crippen LogP) is 3.56. The van der Waals surface area contributed by atoms with Crippen molar-refractivity contribution in [1.82, 2.24) is 5.32 Å². The van der Waals surface area contributed by atoms with Crippen molar-refractivity contribution in [3.63, 3.8) is 0 Å². The molecule has 1 heterocycles. The third-order valence-corrected chi connectivity index (χ3v) is 3.82. The first-order valence-electron chi connectivity index (χ1n) is 7.20. The van der Waals surface area contributed by atoms with E-state index in [2.05, 4.69) is 43.5 Å². The molecule has 1 amide bonds. The van der Waals surface area contributed by atoms with Crippen molar-refractivity contribution < 1.29 is 4.79 Å². The van der Waals surface area contributed by atoms with Gasteiger partial charge in [-0.15, -0.1) is 12.4 Å². The second kappa shape index (κ2) is 7.65. The summed E-state index contributed by atoms with van der Waals surface area (Å²) < 4.78 is 0. The summed E-state index contributed by atoms with van der Waals surface area (Å²) >= 11 is 0. The molecule has 0 radical (unpaired) electrons. The van der Waals surface area contributed by atoms with E-state index in [0.29, 0.717) is 12.0 Å². The van der Waals surface area contributed by atoms with Gasteiger partial charge in [-0.2, -0.15) is 0 Å². The van der Waals surface area contributed by atoms with Crippen LogP contribution >= 0.6 is 12.4 Å². The minimum atomic E-state index is 0. The zero-order valence-corrected chi connectivity index (χ0v) is 13.3. The summed E-state index contributed by atoms with van der Waals surface area (Å²) in [4.78, 5) is 12.3. The van der Waals surface area contributed by atoms with Gasteiger partial charge in [0.25, 0.3) is 0 Å². The highest BCUT2D eigenvalue weighted by Gasteiger charge is 2.24. The average molecular weight is 297 g/mol. The molecule has 1 aliphatic rings. The molecule has 0 unspecified atom stereocenters. The maximum atomic E-state index is 12.3. The number of carbonyl (C=O) groups is 1. The van der Waals surface area contributed by atoms with Crippen LogP contribution in [0.5, 0.6) is 0 Å². The van der Waals surface area contributed by atoms with Gasteiger partial charge in [-0.05, 0) is 49.9 Å². The lowest BCUT2D eigenvalue weighted by molar-refractivity contribution is -0.120. The molecular weight excluding hydrogens is 272 g/mol. The third-order valence-electron chi connectivity index (χ3n) is 3.82. The standard InChI is InChI=1S/C16H24N2O.ClH/c1-11(2)13-5-4-6-15(10-13)18-16(19)14-7-8-17-12(3)9-14;/h4-6,10-12,14,17H,7-9H2,1-3H3,(H,18,19);1H/t12-,14-;/m0./s1. The summed E-state index contributed by atoms with van der Waals surface area (Å²) in [5.74, 6) is 0.781. The fraction of sp³-hybridized carbons (Fsp3) is 0.562. The van der Waals surface area contributed by atoms with Gasteiger partial charge in [-0.3, -0.25) is 4.79 Å². The van der Waals surface area contributed by atoms with E-state index in [0.717, 1.165) is 25.1 Å². The molecule has 3 nitrogen and oxygen atoms in total. The first-order chi connectivity index (χ1) is 9.06. The summed E-state index contributed by atoms with van der Waals surface area (Å²) in [5.41, 5.74) is 2.18. The molecule has 4 heteroatoms. The van der Waals surface area contributed by atoms with Crippen LogP contribution in [0.4, 0.5) is 5.69 Å². The Labute approximate surface area is 127 Å². The van der Waals surface area contributed by atoms with Crippen LogP contribution in [0.3, 0.4) is 0 Å². The highest BCUT2D eigenvalue weighted by atomic mass is 35.5. The lowest BCUT2D eigenvalue weighted by atomic mass is 9.92. The average Bonchev–Trinajstić information content (AvgIpc) is 2.39. The van der Waals surface area contributed by atoms with Crippen molar-refractivity contribution in [1.29, 1.82) is 0 Å². The Balaban J connectivity index is 0.00000200. The molecular formula is C16H25ClN2O. The molecule has 1 aromatic rings. The Kier molecular flexibility index (Phi) is 6.50. The molecule has 2 rings (SSSR count). The van der Waals surface area contributed by atoms with Crippen molar-refractivity contribution in [3.8, 4) is 0 Å². The molecule has 20 heavy (non-hydrogen) atoms. The van der Waals surface area contributed by atoms with Gasteiger partial charge >= 0.3 is 0 Å². The minimum Gasteiger partial charge on any atom is -0.326 e. The lowest BCUT2D eigenvalue weighted by Crippen LogP contribution is -2.40. The highest BCUT2D eigenvalue weighted by molar-refractivity contribution is 5.92. The molecule has 2 N–H and O–H groups in total. The molecule has 1 aromatic carbocycles. The number of carbonyl (C=O) groups excluding carboxylic acids is 1. The second-order valence-corrected chi connectivity index (χ2v) is 5.85. The fourth-order valence-electron chi connectivity index (χ4n) is 2.59. The highest BCUT2D eigenvalue weighted by Crippen LogP contribution is 2.21. The number of hydrogen-bond donors (Lipinski definition) is 2. The number of rotatable bonds is 3. The molecule has 1 saturated heterocycles. The van der Waals surface area contributed by atoms with Crippen LogP contribution in [0, 0.1) is 5.92 Å². The van der Waals surface area contributed by atoms with Gasteiger partial charge in [-0.25, -0.2) is 0 Å². The molecule has 1 aliphatic heterocycles. The number of amides is 1. The summed E-state index contributed by atoms with van der Waals surface area (Å²) in [5, 5.41) is 6.44. The van der Waals surface area contributed by atoms with Crippen molar-refractivity contribution >= 4 is 24.0 Å². The number of nitrogens with one attached hydrogen (secondary N) is 2. The van der Waals surface area contributed by atoms with Gasteiger partial charge in [0.1, 0.15) is 0 Å². The van der Waals surface area contributed by atoms with Crippen molar-refractivity contribution in [2.24, 2.45) is 5.92 Å². The van der Waals surface area contributed by atoms with Crippen molar-refractivity contribution in [2.75, 3.05) is 11.9 Å². The van der Waals surface area contributed by atoms with E-state index in [9.17, 15) is 4.79 Å². The SMILES string of the molecule is CC(C)c1cccc(NC(=O)[C@H]2CCN[C@@H](C)C2)c1.Cl. The van der Waals surface area contributed by atoms with Crippen LogP contribution in [0.25, 0.3) is 0 Å². The van der Waals surface area contributed by atoms with Gasteiger partial charge in [0.05, 0.1) is 0 Å². The molecule has 0 bridgehead atoms. The van der Waals surface area contributed by atoms with E-state index in [4.69, 9.17) is 0 Å². The quantitative estimate of drug-likeness (QED) is 0.895. The number of halogens is 1. The van der Waals surface area contributed by atoms with Crippen LogP contribution in [0.2, 0.25) is 0 Å². The topological polar surface area (TPSA) is 41.1 Å². The fourth-order valence-corrected chi connectivity index (χ4v) is 2.59. The molecule has 0 aliphatic carbocycles. The molecule has 0 saturated carbocycles. The van der Waals surface area contributed by atoms with Crippen LogP contribution in [0.15, 0.2) is 24.3 Å². The van der Waals surface area contributed by atoms with Gasteiger partial charge in [-0.1, -0.05) is 26.0 Å². The van der Waals surface area contributed by atoms with Gasteiger partial charge < -0.3 is 10.6 Å². The minimum absolute atomic E-state index is 0. The normalized spacial score (nSPS) is 22.2. The second-order valence-electron chi connectivity index (χ2n) is 5.85. The number of anilines is 1. The van der Waals surface area contributed by atoms with E-state index in [1.807, 2.05) is 12.1 Å². The number of benzene rings is 1. The molecule has 0 spiro atoms. The predicted molar refractivity (Wildman–Crippen MR) is 86.6 cm³/mol. The Morgan fingerprint density at radius 3 is 2.80 bits per heavy atom. The summed E-state index contributed by atoms with van der Waals surface area (Å²) in [6.45, 7) is 7.40. The van der Waals surface area contributed by atoms with E-state index >= 15 is 0 Å². The van der Waals surface area contributed by atoms with Gasteiger partial charge in [0.15, 0.2) is 0 Å². The molecule has 2 atom stereocenters.